The van der Waals surface area contributed by atoms with Gasteiger partial charge in [0.25, 0.3) is 0 Å². The van der Waals surface area contributed by atoms with E-state index in [0.717, 1.165) is 18.4 Å². The molecule has 1 fully saturated rings. The lowest BCUT2D eigenvalue weighted by Crippen LogP contribution is -2.40. The van der Waals surface area contributed by atoms with Gasteiger partial charge in [0.1, 0.15) is 0 Å². The Kier molecular flexibility index (Phi) is 5.06. The van der Waals surface area contributed by atoms with Crippen molar-refractivity contribution in [2.24, 2.45) is 5.92 Å². The van der Waals surface area contributed by atoms with E-state index in [9.17, 15) is 0 Å². The summed E-state index contributed by atoms with van der Waals surface area (Å²) < 4.78 is 0. The Morgan fingerprint density at radius 1 is 1.36 bits per heavy atom. The predicted octanol–water partition coefficient (Wildman–Crippen LogP) is 1.13. The van der Waals surface area contributed by atoms with Crippen molar-refractivity contribution >= 4 is 12.4 Å². The zero-order chi connectivity index (χ0) is 7.56. The summed E-state index contributed by atoms with van der Waals surface area (Å²) >= 11 is 0. The highest BCUT2D eigenvalue weighted by Gasteiger charge is 2.29. The van der Waals surface area contributed by atoms with E-state index in [-0.39, 0.29) is 12.4 Å². The third kappa shape index (κ3) is 2.97. The number of rotatable bonds is 3. The number of aliphatic hydroxyl groups excluding tert-OH is 1. The van der Waals surface area contributed by atoms with Crippen LogP contribution in [0.25, 0.3) is 0 Å². The minimum atomic E-state index is 0. The third-order valence-corrected chi connectivity index (χ3v) is 2.48. The summed E-state index contributed by atoms with van der Waals surface area (Å²) in [7, 11) is 4.25. The van der Waals surface area contributed by atoms with Gasteiger partial charge < -0.3 is 10.0 Å². The fourth-order valence-electron chi connectivity index (χ4n) is 1.54. The number of aliphatic hydroxyl groups is 1. The number of halogens is 1. The minimum absolute atomic E-state index is 0. The largest absolute Gasteiger partial charge is 0.396 e. The first kappa shape index (κ1) is 11.2. The molecule has 3 heteroatoms. The van der Waals surface area contributed by atoms with E-state index in [0.29, 0.717) is 6.61 Å². The van der Waals surface area contributed by atoms with Crippen molar-refractivity contribution in [3.63, 3.8) is 0 Å². The highest BCUT2D eigenvalue weighted by atomic mass is 35.5. The van der Waals surface area contributed by atoms with E-state index in [1.165, 1.54) is 12.8 Å². The topological polar surface area (TPSA) is 23.5 Å². The first-order chi connectivity index (χ1) is 4.74. The molecule has 2 nitrogen and oxygen atoms in total. The minimum Gasteiger partial charge on any atom is -0.396 e. The summed E-state index contributed by atoms with van der Waals surface area (Å²) in [5, 5.41) is 8.61. The number of hydrogen-bond acceptors (Lipinski definition) is 2. The van der Waals surface area contributed by atoms with Crippen LogP contribution >= 0.6 is 12.4 Å². The van der Waals surface area contributed by atoms with Crippen molar-refractivity contribution in [3.05, 3.63) is 0 Å². The molecule has 1 aliphatic rings. The van der Waals surface area contributed by atoms with Crippen LogP contribution in [0.4, 0.5) is 0 Å². The quantitative estimate of drug-likeness (QED) is 0.703. The molecule has 0 radical (unpaired) electrons. The van der Waals surface area contributed by atoms with Crippen LogP contribution in [0.15, 0.2) is 0 Å². The van der Waals surface area contributed by atoms with Gasteiger partial charge in [0.15, 0.2) is 0 Å². The van der Waals surface area contributed by atoms with E-state index < -0.39 is 0 Å². The molecule has 0 atom stereocenters. The van der Waals surface area contributed by atoms with E-state index >= 15 is 0 Å². The van der Waals surface area contributed by atoms with E-state index in [1.807, 2.05) is 0 Å². The van der Waals surface area contributed by atoms with Gasteiger partial charge in [-0.1, -0.05) is 0 Å². The van der Waals surface area contributed by atoms with Crippen molar-refractivity contribution in [2.45, 2.75) is 25.3 Å². The molecule has 1 saturated carbocycles. The molecule has 0 aliphatic heterocycles. The summed E-state index contributed by atoms with van der Waals surface area (Å²) in [5.74, 6) is 0.803. The molecule has 0 heterocycles. The summed E-state index contributed by atoms with van der Waals surface area (Å²) in [6.07, 6.45) is 3.57. The van der Waals surface area contributed by atoms with Crippen LogP contribution in [0.3, 0.4) is 0 Å². The average Bonchev–Trinajstić information content (AvgIpc) is 1.76. The molecule has 0 aromatic rings. The normalized spacial score (nSPS) is 29.5. The molecule has 0 spiro atoms. The van der Waals surface area contributed by atoms with Crippen LogP contribution in [0.1, 0.15) is 19.3 Å². The summed E-state index contributed by atoms with van der Waals surface area (Å²) in [5.41, 5.74) is 0. The molecule has 0 bridgehead atoms. The van der Waals surface area contributed by atoms with Gasteiger partial charge >= 0.3 is 0 Å². The Hall–Kier alpha value is 0.210. The maximum absolute atomic E-state index is 8.61. The second-order valence-electron chi connectivity index (χ2n) is 3.47. The second-order valence-corrected chi connectivity index (χ2v) is 3.47. The van der Waals surface area contributed by atoms with Crippen molar-refractivity contribution in [3.8, 4) is 0 Å². The molecular formula is C8H18ClNO. The van der Waals surface area contributed by atoms with Gasteiger partial charge in [0.2, 0.25) is 0 Å². The summed E-state index contributed by atoms with van der Waals surface area (Å²) in [6.45, 7) is 0.366. The van der Waals surface area contributed by atoms with Gasteiger partial charge in [-0.25, -0.2) is 0 Å². The monoisotopic (exact) mass is 179 g/mol. The first-order valence-electron chi connectivity index (χ1n) is 4.01. The van der Waals surface area contributed by atoms with Crippen LogP contribution in [0.2, 0.25) is 0 Å². The maximum atomic E-state index is 8.61. The Bertz CT molecular complexity index is 102. The van der Waals surface area contributed by atoms with E-state index in [2.05, 4.69) is 19.0 Å². The molecule has 68 valence electrons. The number of nitrogens with zero attached hydrogens (tertiary/aromatic N) is 1. The van der Waals surface area contributed by atoms with Crippen LogP contribution in [0.5, 0.6) is 0 Å². The molecule has 1 aliphatic carbocycles. The summed E-state index contributed by atoms with van der Waals surface area (Å²) in [6, 6.07) is 0.788. The SMILES string of the molecule is CN(C)C1CC(CCO)C1.Cl. The van der Waals surface area contributed by atoms with E-state index in [1.54, 1.807) is 0 Å². The second kappa shape index (κ2) is 4.96. The Labute approximate surface area is 75.0 Å². The van der Waals surface area contributed by atoms with Crippen molar-refractivity contribution in [1.82, 2.24) is 4.90 Å². The van der Waals surface area contributed by atoms with E-state index in [4.69, 9.17) is 5.11 Å². The lowest BCUT2D eigenvalue weighted by molar-refractivity contribution is 0.101. The summed E-state index contributed by atoms with van der Waals surface area (Å²) in [4.78, 5) is 2.27. The molecule has 0 saturated heterocycles. The average molecular weight is 180 g/mol. The van der Waals surface area contributed by atoms with Crippen LogP contribution in [-0.2, 0) is 0 Å². The highest BCUT2D eigenvalue weighted by molar-refractivity contribution is 5.85. The first-order valence-corrected chi connectivity index (χ1v) is 4.01. The molecule has 0 aromatic carbocycles. The predicted molar refractivity (Wildman–Crippen MR) is 49.1 cm³/mol. The van der Waals surface area contributed by atoms with Crippen molar-refractivity contribution < 1.29 is 5.11 Å². The lowest BCUT2D eigenvalue weighted by atomic mass is 9.78. The Morgan fingerprint density at radius 3 is 2.27 bits per heavy atom. The van der Waals surface area contributed by atoms with Gasteiger partial charge in [0, 0.05) is 12.6 Å². The smallest absolute Gasteiger partial charge is 0.0433 e. The van der Waals surface area contributed by atoms with Crippen LogP contribution in [0, 0.1) is 5.92 Å². The molecule has 0 unspecified atom stereocenters. The lowest BCUT2D eigenvalue weighted by Gasteiger charge is -2.39. The van der Waals surface area contributed by atoms with Gasteiger partial charge in [-0.2, -0.15) is 0 Å². The molecular weight excluding hydrogens is 162 g/mol. The molecule has 1 rings (SSSR count). The molecule has 0 amide bonds. The molecule has 11 heavy (non-hydrogen) atoms. The fraction of sp³-hybridized carbons (Fsp3) is 1.00. The third-order valence-electron chi connectivity index (χ3n) is 2.48. The molecule has 0 aromatic heterocycles. The molecule has 1 N–H and O–H groups in total. The standard InChI is InChI=1S/C8H17NO.ClH/c1-9(2)8-5-7(6-8)3-4-10;/h7-8,10H,3-6H2,1-2H3;1H. The van der Waals surface area contributed by atoms with Crippen molar-refractivity contribution in [2.75, 3.05) is 20.7 Å². The van der Waals surface area contributed by atoms with Gasteiger partial charge in [0.05, 0.1) is 0 Å². The van der Waals surface area contributed by atoms with Crippen molar-refractivity contribution in [1.29, 1.82) is 0 Å². The zero-order valence-corrected chi connectivity index (χ0v) is 8.10. The van der Waals surface area contributed by atoms with Gasteiger partial charge in [-0.05, 0) is 39.3 Å². The Morgan fingerprint density at radius 2 is 1.91 bits per heavy atom. The van der Waals surface area contributed by atoms with Crippen LogP contribution in [-0.4, -0.2) is 36.8 Å². The number of hydrogen-bond donors (Lipinski definition) is 1. The van der Waals surface area contributed by atoms with Crippen LogP contribution < -0.4 is 0 Å². The van der Waals surface area contributed by atoms with Gasteiger partial charge in [-0.3, -0.25) is 0 Å². The maximum Gasteiger partial charge on any atom is 0.0433 e. The highest BCUT2D eigenvalue weighted by Crippen LogP contribution is 2.32. The Balaban J connectivity index is 0.000001000. The van der Waals surface area contributed by atoms with Gasteiger partial charge in [-0.15, -0.1) is 12.4 Å². The zero-order valence-electron chi connectivity index (χ0n) is 7.29. The fourth-order valence-corrected chi connectivity index (χ4v) is 1.54.